The van der Waals surface area contributed by atoms with Gasteiger partial charge in [-0.25, -0.2) is 0 Å². The molecule has 0 bridgehead atoms. The molecule has 0 aliphatic carbocycles. The summed E-state index contributed by atoms with van der Waals surface area (Å²) in [6, 6.07) is 9.49. The number of rotatable bonds is 5. The lowest BCUT2D eigenvalue weighted by atomic mass is 10.2. The molecule has 0 radical (unpaired) electrons. The molecule has 0 unspecified atom stereocenters. The second kappa shape index (κ2) is 8.96. The standard InChI is InChI=1S/C18H17Cl3N4O3/c19-14-9-16(21)17(10-15(14)20)22-18(26)11-23-5-7-24(8-6-23)12-1-3-13(4-2-12)25(27)28/h1-4,9-10H,5-8,11H2,(H,22,26). The van der Waals surface area contributed by atoms with Gasteiger partial charge in [0.1, 0.15) is 0 Å². The predicted octanol–water partition coefficient (Wildman–Crippen LogP) is 4.32. The Hall–Kier alpha value is -2.06. The van der Waals surface area contributed by atoms with Gasteiger partial charge in [-0.1, -0.05) is 34.8 Å². The van der Waals surface area contributed by atoms with Crippen molar-refractivity contribution in [3.63, 3.8) is 0 Å². The van der Waals surface area contributed by atoms with Crippen LogP contribution in [0.4, 0.5) is 17.1 Å². The van der Waals surface area contributed by atoms with Crippen LogP contribution in [0.2, 0.25) is 15.1 Å². The quantitative estimate of drug-likeness (QED) is 0.423. The second-order valence-electron chi connectivity index (χ2n) is 6.33. The van der Waals surface area contributed by atoms with Gasteiger partial charge >= 0.3 is 0 Å². The Bertz CT molecular complexity index is 884. The van der Waals surface area contributed by atoms with Gasteiger partial charge in [-0.2, -0.15) is 0 Å². The maximum absolute atomic E-state index is 12.3. The van der Waals surface area contributed by atoms with Gasteiger partial charge in [-0.15, -0.1) is 0 Å². The lowest BCUT2D eigenvalue weighted by molar-refractivity contribution is -0.384. The summed E-state index contributed by atoms with van der Waals surface area (Å²) in [6.45, 7) is 3.06. The van der Waals surface area contributed by atoms with E-state index in [0.29, 0.717) is 33.8 Å². The van der Waals surface area contributed by atoms with Gasteiger partial charge in [0.05, 0.1) is 32.2 Å². The fourth-order valence-electron chi connectivity index (χ4n) is 2.96. The van der Waals surface area contributed by atoms with E-state index in [0.717, 1.165) is 18.8 Å². The van der Waals surface area contributed by atoms with Crippen molar-refractivity contribution in [1.29, 1.82) is 0 Å². The van der Waals surface area contributed by atoms with Gasteiger partial charge in [0.2, 0.25) is 5.91 Å². The molecule has 0 spiro atoms. The average molecular weight is 444 g/mol. The number of halogens is 3. The Morgan fingerprint density at radius 3 is 2.21 bits per heavy atom. The van der Waals surface area contributed by atoms with Crippen LogP contribution in [0, 0.1) is 10.1 Å². The molecule has 0 aromatic heterocycles. The highest BCUT2D eigenvalue weighted by Crippen LogP contribution is 2.32. The van der Waals surface area contributed by atoms with Crippen LogP contribution in [0.5, 0.6) is 0 Å². The first kappa shape index (κ1) is 20.7. The number of carbonyl (C=O) groups excluding carboxylic acids is 1. The predicted molar refractivity (Wildman–Crippen MR) is 112 cm³/mol. The van der Waals surface area contributed by atoms with Crippen LogP contribution >= 0.6 is 34.8 Å². The smallest absolute Gasteiger partial charge is 0.269 e. The maximum atomic E-state index is 12.3. The van der Waals surface area contributed by atoms with Crippen molar-refractivity contribution >= 4 is 57.8 Å². The summed E-state index contributed by atoms with van der Waals surface area (Å²) in [5.41, 5.74) is 1.42. The Labute approximate surface area is 176 Å². The molecule has 1 aliphatic rings. The van der Waals surface area contributed by atoms with E-state index >= 15 is 0 Å². The van der Waals surface area contributed by atoms with Gasteiger partial charge < -0.3 is 10.2 Å². The SMILES string of the molecule is O=C(CN1CCN(c2ccc([N+](=O)[O-])cc2)CC1)Nc1cc(Cl)c(Cl)cc1Cl. The monoisotopic (exact) mass is 442 g/mol. The van der Waals surface area contributed by atoms with E-state index in [1.165, 1.54) is 24.3 Å². The van der Waals surface area contributed by atoms with Crippen molar-refractivity contribution in [3.8, 4) is 0 Å². The van der Waals surface area contributed by atoms with Crippen molar-refractivity contribution < 1.29 is 9.72 Å². The Balaban J connectivity index is 1.52. The molecule has 1 aliphatic heterocycles. The van der Waals surface area contributed by atoms with E-state index in [2.05, 4.69) is 10.2 Å². The van der Waals surface area contributed by atoms with Crippen LogP contribution in [-0.2, 0) is 4.79 Å². The number of non-ortho nitro benzene ring substituents is 1. The first-order valence-electron chi connectivity index (χ1n) is 8.49. The van der Waals surface area contributed by atoms with Gasteiger partial charge in [0.25, 0.3) is 5.69 Å². The van der Waals surface area contributed by atoms with E-state index < -0.39 is 4.92 Å². The number of hydrogen-bond donors (Lipinski definition) is 1. The third-order valence-electron chi connectivity index (χ3n) is 4.45. The van der Waals surface area contributed by atoms with Gasteiger partial charge in [0.15, 0.2) is 0 Å². The average Bonchev–Trinajstić information content (AvgIpc) is 2.67. The summed E-state index contributed by atoms with van der Waals surface area (Å²) in [6.07, 6.45) is 0. The first-order valence-corrected chi connectivity index (χ1v) is 9.63. The summed E-state index contributed by atoms with van der Waals surface area (Å²) < 4.78 is 0. The lowest BCUT2D eigenvalue weighted by Gasteiger charge is -2.35. The Kier molecular flexibility index (Phi) is 6.61. The van der Waals surface area contributed by atoms with E-state index in [1.807, 2.05) is 4.90 Å². The molecule has 1 saturated heterocycles. The molecule has 10 heteroatoms. The van der Waals surface area contributed by atoms with Crippen LogP contribution in [-0.4, -0.2) is 48.5 Å². The fourth-order valence-corrected chi connectivity index (χ4v) is 3.55. The van der Waals surface area contributed by atoms with E-state index in [9.17, 15) is 14.9 Å². The van der Waals surface area contributed by atoms with Crippen molar-refractivity contribution in [2.24, 2.45) is 0 Å². The number of nitrogens with one attached hydrogen (secondary N) is 1. The third kappa shape index (κ3) is 5.05. The summed E-state index contributed by atoms with van der Waals surface area (Å²) in [5.74, 6) is -0.191. The van der Waals surface area contributed by atoms with Gasteiger partial charge in [-0.05, 0) is 24.3 Å². The largest absolute Gasteiger partial charge is 0.369 e. The molecule has 1 amide bonds. The minimum Gasteiger partial charge on any atom is -0.369 e. The summed E-state index contributed by atoms with van der Waals surface area (Å²) in [5, 5.41) is 14.5. The number of piperazine rings is 1. The molecule has 7 nitrogen and oxygen atoms in total. The zero-order chi connectivity index (χ0) is 20.3. The number of nitro groups is 1. The maximum Gasteiger partial charge on any atom is 0.269 e. The zero-order valence-electron chi connectivity index (χ0n) is 14.7. The molecule has 3 rings (SSSR count). The highest BCUT2D eigenvalue weighted by atomic mass is 35.5. The Morgan fingerprint density at radius 1 is 1.00 bits per heavy atom. The summed E-state index contributed by atoms with van der Waals surface area (Å²) >= 11 is 17.9. The van der Waals surface area contributed by atoms with Crippen LogP contribution < -0.4 is 10.2 Å². The second-order valence-corrected chi connectivity index (χ2v) is 7.55. The van der Waals surface area contributed by atoms with Crippen LogP contribution in [0.25, 0.3) is 0 Å². The summed E-state index contributed by atoms with van der Waals surface area (Å²) in [7, 11) is 0. The Morgan fingerprint density at radius 2 is 1.61 bits per heavy atom. The molecule has 148 valence electrons. The normalized spacial score (nSPS) is 14.8. The van der Waals surface area contributed by atoms with Crippen molar-refractivity contribution in [2.75, 3.05) is 42.9 Å². The number of hydrogen-bond acceptors (Lipinski definition) is 5. The topological polar surface area (TPSA) is 78.7 Å². The zero-order valence-corrected chi connectivity index (χ0v) is 17.0. The molecular formula is C18H17Cl3N4O3. The third-order valence-corrected chi connectivity index (χ3v) is 5.48. The minimum atomic E-state index is -0.416. The molecule has 1 heterocycles. The van der Waals surface area contributed by atoms with E-state index in [4.69, 9.17) is 34.8 Å². The molecule has 1 N–H and O–H groups in total. The molecule has 1 fully saturated rings. The lowest BCUT2D eigenvalue weighted by Crippen LogP contribution is -2.48. The number of carbonyl (C=O) groups is 1. The molecule has 28 heavy (non-hydrogen) atoms. The van der Waals surface area contributed by atoms with E-state index in [1.54, 1.807) is 12.1 Å². The van der Waals surface area contributed by atoms with Gasteiger partial charge in [-0.3, -0.25) is 19.8 Å². The minimum absolute atomic E-state index is 0.0695. The number of amides is 1. The summed E-state index contributed by atoms with van der Waals surface area (Å²) in [4.78, 5) is 26.8. The molecule has 2 aromatic rings. The molecule has 0 atom stereocenters. The molecular weight excluding hydrogens is 427 g/mol. The molecule has 0 saturated carbocycles. The van der Waals surface area contributed by atoms with Crippen molar-refractivity contribution in [2.45, 2.75) is 0 Å². The van der Waals surface area contributed by atoms with Gasteiger partial charge in [0, 0.05) is 44.0 Å². The first-order chi connectivity index (χ1) is 13.3. The molecule has 2 aromatic carbocycles. The number of nitrogens with zero attached hydrogens (tertiary/aromatic N) is 3. The van der Waals surface area contributed by atoms with Crippen LogP contribution in [0.15, 0.2) is 36.4 Å². The van der Waals surface area contributed by atoms with E-state index in [-0.39, 0.29) is 18.1 Å². The van der Waals surface area contributed by atoms with Crippen LogP contribution in [0.1, 0.15) is 0 Å². The van der Waals surface area contributed by atoms with Crippen molar-refractivity contribution in [3.05, 3.63) is 61.6 Å². The number of benzene rings is 2. The van der Waals surface area contributed by atoms with Crippen molar-refractivity contribution in [1.82, 2.24) is 4.90 Å². The highest BCUT2D eigenvalue weighted by molar-refractivity contribution is 6.44. The van der Waals surface area contributed by atoms with Crippen LogP contribution in [0.3, 0.4) is 0 Å². The number of anilines is 2. The highest BCUT2D eigenvalue weighted by Gasteiger charge is 2.20. The fraction of sp³-hybridized carbons (Fsp3) is 0.278. The number of nitro benzene ring substituents is 1.